The molecule has 1 heterocycles. The van der Waals surface area contributed by atoms with Gasteiger partial charge in [-0.15, -0.1) is 0 Å². The molecular formula is C37H37N3O6. The first kappa shape index (κ1) is 31.0. The van der Waals surface area contributed by atoms with Crippen molar-refractivity contribution in [1.82, 2.24) is 15.5 Å². The van der Waals surface area contributed by atoms with Gasteiger partial charge in [-0.3, -0.25) is 14.5 Å². The zero-order valence-electron chi connectivity index (χ0n) is 25.4. The minimum atomic E-state index is -1.32. The van der Waals surface area contributed by atoms with E-state index in [1.807, 2.05) is 84.9 Å². The number of fused-ring (bicyclic) bond motifs is 3. The Balaban J connectivity index is 1.11. The van der Waals surface area contributed by atoms with Gasteiger partial charge >= 0.3 is 12.1 Å². The van der Waals surface area contributed by atoms with Gasteiger partial charge in [-0.05, 0) is 33.4 Å². The number of alkyl carbamates (subject to hydrolysis) is 1. The van der Waals surface area contributed by atoms with E-state index in [0.717, 1.165) is 33.4 Å². The second-order valence-corrected chi connectivity index (χ2v) is 11.9. The predicted molar refractivity (Wildman–Crippen MR) is 173 cm³/mol. The Labute approximate surface area is 268 Å². The molecule has 0 aromatic heterocycles. The number of aliphatic carboxylic acids is 1. The molecule has 1 aliphatic carbocycles. The normalized spacial score (nSPS) is 15.2. The maximum Gasteiger partial charge on any atom is 0.407 e. The van der Waals surface area contributed by atoms with E-state index in [9.17, 15) is 19.5 Å². The number of rotatable bonds is 13. The molecule has 1 unspecified atom stereocenters. The monoisotopic (exact) mass is 619 g/mol. The Hall–Kier alpha value is -4.99. The molecule has 1 fully saturated rings. The number of carbonyl (C=O) groups is 3. The highest BCUT2D eigenvalue weighted by Crippen LogP contribution is 2.44. The first-order valence-electron chi connectivity index (χ1n) is 15.4. The zero-order chi connectivity index (χ0) is 31.9. The molecule has 2 amide bonds. The van der Waals surface area contributed by atoms with Crippen LogP contribution >= 0.6 is 0 Å². The van der Waals surface area contributed by atoms with E-state index in [2.05, 4.69) is 39.8 Å². The van der Waals surface area contributed by atoms with E-state index in [1.54, 1.807) is 0 Å². The van der Waals surface area contributed by atoms with Crippen LogP contribution in [-0.2, 0) is 32.2 Å². The summed E-state index contributed by atoms with van der Waals surface area (Å²) in [6.45, 7) is 2.33. The van der Waals surface area contributed by atoms with Crippen LogP contribution in [0.25, 0.3) is 11.1 Å². The molecule has 6 rings (SSSR count). The van der Waals surface area contributed by atoms with Gasteiger partial charge in [0.15, 0.2) is 0 Å². The second-order valence-electron chi connectivity index (χ2n) is 11.9. The summed E-state index contributed by atoms with van der Waals surface area (Å²) in [5.74, 6) is -1.97. The minimum absolute atomic E-state index is 0.0512. The summed E-state index contributed by atoms with van der Waals surface area (Å²) in [5.41, 5.74) is 6.03. The Kier molecular flexibility index (Phi) is 9.42. The molecule has 0 radical (unpaired) electrons. The van der Waals surface area contributed by atoms with Crippen LogP contribution in [-0.4, -0.2) is 65.9 Å². The number of ether oxygens (including phenoxy) is 2. The number of carboxylic acid groups (broad SMARTS) is 1. The standard InChI is InChI=1S/C37H37N3O6/c41-34(42)19-33(39-36(44)46-22-32-30-17-9-7-15-28(30)29-16-8-10-18-31(29)32)35(43)38-23-37(24-45-25-37)40(20-26-11-3-1-4-12-26)21-27-13-5-2-6-14-27/h1-18,32-33H,19-25H2,(H,38,43)(H,39,44)(H,41,42). The summed E-state index contributed by atoms with van der Waals surface area (Å²) in [6.07, 6.45) is -1.43. The van der Waals surface area contributed by atoms with Crippen LogP contribution in [0.2, 0.25) is 0 Å². The lowest BCUT2D eigenvalue weighted by Crippen LogP contribution is -2.67. The molecule has 46 heavy (non-hydrogen) atoms. The van der Waals surface area contributed by atoms with E-state index in [-0.39, 0.29) is 19.1 Å². The summed E-state index contributed by atoms with van der Waals surface area (Å²) in [7, 11) is 0. The third-order valence-electron chi connectivity index (χ3n) is 8.77. The van der Waals surface area contributed by atoms with Crippen molar-refractivity contribution in [2.45, 2.75) is 37.0 Å². The van der Waals surface area contributed by atoms with Gasteiger partial charge in [-0.2, -0.15) is 0 Å². The van der Waals surface area contributed by atoms with Gasteiger partial charge in [0.1, 0.15) is 12.6 Å². The molecule has 1 saturated heterocycles. The molecule has 0 spiro atoms. The van der Waals surface area contributed by atoms with Crippen molar-refractivity contribution in [2.24, 2.45) is 0 Å². The van der Waals surface area contributed by atoms with E-state index in [4.69, 9.17) is 9.47 Å². The molecule has 1 aliphatic heterocycles. The maximum atomic E-state index is 13.4. The number of benzene rings is 4. The number of nitrogens with one attached hydrogen (secondary N) is 2. The highest BCUT2D eigenvalue weighted by atomic mass is 16.5. The highest BCUT2D eigenvalue weighted by molar-refractivity contribution is 5.89. The van der Waals surface area contributed by atoms with Gasteiger partial charge in [0.25, 0.3) is 0 Å². The summed E-state index contributed by atoms with van der Waals surface area (Å²) in [6, 6.07) is 34.8. The van der Waals surface area contributed by atoms with Gasteiger partial charge in [-0.1, -0.05) is 109 Å². The Morgan fingerprint density at radius 3 is 1.83 bits per heavy atom. The number of hydrogen-bond donors (Lipinski definition) is 3. The summed E-state index contributed by atoms with van der Waals surface area (Å²) in [4.78, 5) is 40.4. The second kappa shape index (κ2) is 14.0. The fourth-order valence-corrected chi connectivity index (χ4v) is 6.27. The topological polar surface area (TPSA) is 117 Å². The summed E-state index contributed by atoms with van der Waals surface area (Å²) in [5, 5.41) is 15.0. The molecule has 9 heteroatoms. The van der Waals surface area contributed by atoms with Crippen molar-refractivity contribution < 1.29 is 29.0 Å². The average molecular weight is 620 g/mol. The van der Waals surface area contributed by atoms with Crippen LogP contribution in [0.4, 0.5) is 4.79 Å². The molecule has 0 bridgehead atoms. The van der Waals surface area contributed by atoms with Crippen LogP contribution in [0.1, 0.15) is 34.6 Å². The Morgan fingerprint density at radius 2 is 1.33 bits per heavy atom. The maximum absolute atomic E-state index is 13.4. The Morgan fingerprint density at radius 1 is 0.804 bits per heavy atom. The van der Waals surface area contributed by atoms with Crippen LogP contribution in [0.15, 0.2) is 109 Å². The smallest absolute Gasteiger partial charge is 0.407 e. The average Bonchev–Trinajstić information content (AvgIpc) is 3.37. The Bertz CT molecular complexity index is 1590. The lowest BCUT2D eigenvalue weighted by molar-refractivity contribution is -0.150. The third kappa shape index (κ3) is 6.96. The van der Waals surface area contributed by atoms with Crippen LogP contribution < -0.4 is 10.6 Å². The number of carbonyl (C=O) groups excluding carboxylic acids is 2. The summed E-state index contributed by atoms with van der Waals surface area (Å²) >= 11 is 0. The molecule has 4 aromatic rings. The quantitative estimate of drug-likeness (QED) is 0.194. The van der Waals surface area contributed by atoms with Crippen molar-refractivity contribution in [3.63, 3.8) is 0 Å². The highest BCUT2D eigenvalue weighted by Gasteiger charge is 2.45. The van der Waals surface area contributed by atoms with Crippen LogP contribution in [0.5, 0.6) is 0 Å². The molecule has 3 N–H and O–H groups in total. The SMILES string of the molecule is O=C(O)CC(NC(=O)OCC1c2ccccc2-c2ccccc21)C(=O)NCC1(N(Cc2ccccc2)Cc2ccccc2)COC1. The van der Waals surface area contributed by atoms with Gasteiger partial charge in [0.2, 0.25) is 5.91 Å². The van der Waals surface area contributed by atoms with Gasteiger partial charge < -0.3 is 25.2 Å². The van der Waals surface area contributed by atoms with Crippen molar-refractivity contribution in [2.75, 3.05) is 26.4 Å². The number of nitrogens with zero attached hydrogens (tertiary/aromatic N) is 1. The molecule has 9 nitrogen and oxygen atoms in total. The number of hydrogen-bond acceptors (Lipinski definition) is 6. The summed E-state index contributed by atoms with van der Waals surface area (Å²) < 4.78 is 11.3. The van der Waals surface area contributed by atoms with E-state index in [0.29, 0.717) is 26.3 Å². The molecular weight excluding hydrogens is 582 g/mol. The van der Waals surface area contributed by atoms with Gasteiger partial charge in [-0.25, -0.2) is 4.79 Å². The van der Waals surface area contributed by atoms with E-state index in [1.165, 1.54) is 0 Å². The number of amides is 2. The number of carboxylic acids is 1. The molecule has 0 saturated carbocycles. The fourth-order valence-electron chi connectivity index (χ4n) is 6.27. The predicted octanol–water partition coefficient (Wildman–Crippen LogP) is 4.96. The fraction of sp³-hybridized carbons (Fsp3) is 0.270. The largest absolute Gasteiger partial charge is 0.481 e. The third-order valence-corrected chi connectivity index (χ3v) is 8.77. The van der Waals surface area contributed by atoms with Crippen molar-refractivity contribution >= 4 is 18.0 Å². The van der Waals surface area contributed by atoms with Crippen molar-refractivity contribution in [3.05, 3.63) is 131 Å². The molecule has 236 valence electrons. The first-order valence-corrected chi connectivity index (χ1v) is 15.4. The lowest BCUT2D eigenvalue weighted by Gasteiger charge is -2.50. The minimum Gasteiger partial charge on any atom is -0.481 e. The first-order chi connectivity index (χ1) is 22.4. The van der Waals surface area contributed by atoms with Gasteiger partial charge in [0.05, 0.1) is 25.2 Å². The van der Waals surface area contributed by atoms with Crippen molar-refractivity contribution in [3.8, 4) is 11.1 Å². The lowest BCUT2D eigenvalue weighted by atomic mass is 9.92. The molecule has 2 aliphatic rings. The molecule has 1 atom stereocenters. The van der Waals surface area contributed by atoms with Crippen LogP contribution in [0.3, 0.4) is 0 Å². The van der Waals surface area contributed by atoms with E-state index >= 15 is 0 Å². The van der Waals surface area contributed by atoms with Gasteiger partial charge in [0, 0.05) is 25.6 Å². The zero-order valence-corrected chi connectivity index (χ0v) is 25.4. The molecule has 4 aromatic carbocycles. The van der Waals surface area contributed by atoms with E-state index < -0.39 is 36.0 Å². The van der Waals surface area contributed by atoms with Crippen LogP contribution in [0, 0.1) is 0 Å². The van der Waals surface area contributed by atoms with Crippen molar-refractivity contribution in [1.29, 1.82) is 0 Å².